The van der Waals surface area contributed by atoms with Crippen molar-refractivity contribution >= 4 is 11.8 Å². The molecule has 0 bridgehead atoms. The Hall–Kier alpha value is -0.730. The molecule has 1 atom stereocenters. The Morgan fingerprint density at radius 1 is 1.00 bits per heavy atom. The summed E-state index contributed by atoms with van der Waals surface area (Å²) < 4.78 is 0. The van der Waals surface area contributed by atoms with Crippen LogP contribution in [-0.2, 0) is 0 Å². The molecule has 0 saturated heterocycles. The highest BCUT2D eigenvalue weighted by Gasteiger charge is 2.06. The molecule has 1 aromatic carbocycles. The van der Waals surface area contributed by atoms with Crippen LogP contribution in [-0.4, -0.2) is 17.0 Å². The normalized spacial score (nSPS) is 12.9. The maximum Gasteiger partial charge on any atom is 0.0431 e. The third-order valence-electron chi connectivity index (χ3n) is 3.33. The lowest BCUT2D eigenvalue weighted by Crippen LogP contribution is -1.98. The number of aliphatic hydroxyl groups is 1. The van der Waals surface area contributed by atoms with Gasteiger partial charge in [0.25, 0.3) is 0 Å². The highest BCUT2D eigenvalue weighted by Crippen LogP contribution is 2.27. The number of benzene rings is 1. The Morgan fingerprint density at radius 3 is 2.30 bits per heavy atom. The third kappa shape index (κ3) is 8.44. The van der Waals surface area contributed by atoms with Gasteiger partial charge in [-0.25, -0.2) is 0 Å². The van der Waals surface area contributed by atoms with E-state index in [-0.39, 0.29) is 0 Å². The van der Waals surface area contributed by atoms with Crippen LogP contribution in [0.1, 0.15) is 51.9 Å². The minimum absolute atomic E-state index is 0.344. The summed E-state index contributed by atoms with van der Waals surface area (Å²) >= 11 is 1.97. The number of allylic oxidation sites excluding steroid dienone is 1. The molecular formula is C18H28OS. The Balaban J connectivity index is 2.19. The Labute approximate surface area is 128 Å². The summed E-state index contributed by atoms with van der Waals surface area (Å²) in [6.45, 7) is 2.45. The monoisotopic (exact) mass is 292 g/mol. The molecule has 1 aromatic rings. The third-order valence-corrected chi connectivity index (χ3v) is 4.57. The summed E-state index contributed by atoms with van der Waals surface area (Å²) in [4.78, 5) is 1.36. The van der Waals surface area contributed by atoms with Crippen LogP contribution in [0.2, 0.25) is 0 Å². The highest BCUT2D eigenvalue weighted by molar-refractivity contribution is 8.00. The second-order valence-electron chi connectivity index (χ2n) is 5.13. The van der Waals surface area contributed by atoms with Gasteiger partial charge in [-0.3, -0.25) is 0 Å². The van der Waals surface area contributed by atoms with Crippen LogP contribution in [0.4, 0.5) is 0 Å². The average molecular weight is 292 g/mol. The fourth-order valence-electron chi connectivity index (χ4n) is 2.25. The van der Waals surface area contributed by atoms with Crippen LogP contribution in [0.25, 0.3) is 0 Å². The van der Waals surface area contributed by atoms with Crippen molar-refractivity contribution in [2.24, 2.45) is 0 Å². The SMILES string of the molecule is C/C=C/C(CCCCCCCCO)Sc1ccccc1. The van der Waals surface area contributed by atoms with E-state index in [0.717, 1.165) is 6.42 Å². The molecule has 2 heteroatoms. The van der Waals surface area contributed by atoms with Crippen LogP contribution < -0.4 is 0 Å². The van der Waals surface area contributed by atoms with Crippen molar-refractivity contribution in [2.45, 2.75) is 62.0 Å². The summed E-state index contributed by atoms with van der Waals surface area (Å²) in [5.74, 6) is 0. The first kappa shape index (κ1) is 17.3. The van der Waals surface area contributed by atoms with E-state index in [1.807, 2.05) is 11.8 Å². The zero-order valence-corrected chi connectivity index (χ0v) is 13.4. The number of thioether (sulfide) groups is 1. The molecule has 0 amide bonds. The predicted molar refractivity (Wildman–Crippen MR) is 90.3 cm³/mol. The molecule has 0 aromatic heterocycles. The van der Waals surface area contributed by atoms with Crippen LogP contribution in [0, 0.1) is 0 Å². The largest absolute Gasteiger partial charge is 0.396 e. The number of hydrogen-bond acceptors (Lipinski definition) is 2. The molecule has 0 radical (unpaired) electrons. The molecule has 0 heterocycles. The first-order valence-corrected chi connectivity index (χ1v) is 8.70. The standard InChI is InChI=1S/C18H28OS/c1-2-12-17(20-18-14-9-7-10-15-18)13-8-5-3-4-6-11-16-19/h2,7,9-10,12,14-15,17,19H,3-6,8,11,13,16H2,1H3/b12-2+. The van der Waals surface area contributed by atoms with E-state index in [1.165, 1.54) is 43.4 Å². The average Bonchev–Trinajstić information content (AvgIpc) is 2.47. The smallest absolute Gasteiger partial charge is 0.0431 e. The van der Waals surface area contributed by atoms with Gasteiger partial charge in [0.05, 0.1) is 0 Å². The zero-order valence-electron chi connectivity index (χ0n) is 12.6. The van der Waals surface area contributed by atoms with Gasteiger partial charge in [-0.05, 0) is 31.9 Å². The van der Waals surface area contributed by atoms with Crippen molar-refractivity contribution in [1.82, 2.24) is 0 Å². The quantitative estimate of drug-likeness (QED) is 0.332. The lowest BCUT2D eigenvalue weighted by Gasteiger charge is -2.12. The van der Waals surface area contributed by atoms with E-state index < -0.39 is 0 Å². The number of unbranched alkanes of at least 4 members (excludes halogenated alkanes) is 5. The lowest BCUT2D eigenvalue weighted by molar-refractivity contribution is 0.282. The van der Waals surface area contributed by atoms with Crippen molar-refractivity contribution < 1.29 is 5.11 Å². The molecule has 0 fully saturated rings. The summed E-state index contributed by atoms with van der Waals surface area (Å²) in [6.07, 6.45) is 13.1. The van der Waals surface area contributed by atoms with Crippen molar-refractivity contribution in [2.75, 3.05) is 6.61 Å². The van der Waals surface area contributed by atoms with Crippen LogP contribution in [0.15, 0.2) is 47.4 Å². The van der Waals surface area contributed by atoms with E-state index >= 15 is 0 Å². The molecular weight excluding hydrogens is 264 g/mol. The van der Waals surface area contributed by atoms with Crippen molar-refractivity contribution in [3.63, 3.8) is 0 Å². The molecule has 0 spiro atoms. The molecule has 1 unspecified atom stereocenters. The van der Waals surface area contributed by atoms with Crippen molar-refractivity contribution in [1.29, 1.82) is 0 Å². The van der Waals surface area contributed by atoms with Gasteiger partial charge >= 0.3 is 0 Å². The van der Waals surface area contributed by atoms with E-state index in [2.05, 4.69) is 49.4 Å². The summed E-state index contributed by atoms with van der Waals surface area (Å²) in [6, 6.07) is 10.7. The molecule has 20 heavy (non-hydrogen) atoms. The minimum Gasteiger partial charge on any atom is -0.396 e. The molecule has 1 rings (SSSR count). The molecule has 1 N–H and O–H groups in total. The van der Waals surface area contributed by atoms with Crippen LogP contribution in [0.5, 0.6) is 0 Å². The molecule has 0 aliphatic heterocycles. The van der Waals surface area contributed by atoms with Gasteiger partial charge in [-0.1, -0.05) is 62.5 Å². The summed E-state index contributed by atoms with van der Waals surface area (Å²) in [7, 11) is 0. The zero-order chi connectivity index (χ0) is 14.5. The molecule has 1 nitrogen and oxygen atoms in total. The van der Waals surface area contributed by atoms with Gasteiger partial charge in [0.15, 0.2) is 0 Å². The predicted octanol–water partition coefficient (Wildman–Crippen LogP) is 5.45. The molecule has 0 aliphatic rings. The van der Waals surface area contributed by atoms with E-state index in [1.54, 1.807) is 0 Å². The molecule has 0 saturated carbocycles. The second-order valence-corrected chi connectivity index (χ2v) is 6.44. The maximum absolute atomic E-state index is 8.73. The molecule has 112 valence electrons. The maximum atomic E-state index is 8.73. The number of rotatable bonds is 11. The summed E-state index contributed by atoms with van der Waals surface area (Å²) in [5, 5.41) is 9.33. The number of hydrogen-bond donors (Lipinski definition) is 1. The van der Waals surface area contributed by atoms with Gasteiger partial charge in [0.1, 0.15) is 0 Å². The fourth-order valence-corrected chi connectivity index (χ4v) is 3.43. The second kappa shape index (κ2) is 12.0. The summed E-state index contributed by atoms with van der Waals surface area (Å²) in [5.41, 5.74) is 0. The van der Waals surface area contributed by atoms with E-state index in [0.29, 0.717) is 11.9 Å². The highest BCUT2D eigenvalue weighted by atomic mass is 32.2. The first-order valence-electron chi connectivity index (χ1n) is 7.82. The first-order chi connectivity index (χ1) is 9.86. The topological polar surface area (TPSA) is 20.2 Å². The van der Waals surface area contributed by atoms with E-state index in [4.69, 9.17) is 5.11 Å². The lowest BCUT2D eigenvalue weighted by atomic mass is 10.1. The van der Waals surface area contributed by atoms with Gasteiger partial charge in [0.2, 0.25) is 0 Å². The minimum atomic E-state index is 0.344. The van der Waals surface area contributed by atoms with Gasteiger partial charge in [-0.15, -0.1) is 11.8 Å². The van der Waals surface area contributed by atoms with E-state index in [9.17, 15) is 0 Å². The Morgan fingerprint density at radius 2 is 1.65 bits per heavy atom. The Bertz CT molecular complexity index is 348. The fraction of sp³-hybridized carbons (Fsp3) is 0.556. The van der Waals surface area contributed by atoms with Crippen molar-refractivity contribution in [3.8, 4) is 0 Å². The van der Waals surface area contributed by atoms with Crippen molar-refractivity contribution in [3.05, 3.63) is 42.5 Å². The van der Waals surface area contributed by atoms with Crippen LogP contribution >= 0.6 is 11.8 Å². The van der Waals surface area contributed by atoms with Gasteiger partial charge in [-0.2, -0.15) is 0 Å². The van der Waals surface area contributed by atoms with Gasteiger partial charge < -0.3 is 5.11 Å². The van der Waals surface area contributed by atoms with Crippen LogP contribution in [0.3, 0.4) is 0 Å². The Kier molecular flexibility index (Phi) is 10.4. The number of aliphatic hydroxyl groups excluding tert-OH is 1. The molecule has 0 aliphatic carbocycles. The van der Waals surface area contributed by atoms with Gasteiger partial charge in [0, 0.05) is 16.8 Å².